The van der Waals surface area contributed by atoms with Crippen molar-refractivity contribution in [2.75, 3.05) is 17.2 Å². The van der Waals surface area contributed by atoms with Crippen LogP contribution in [0.1, 0.15) is 28.8 Å². The molecule has 7 nitrogen and oxygen atoms in total. The summed E-state index contributed by atoms with van der Waals surface area (Å²) in [7, 11) is 0. The van der Waals surface area contributed by atoms with Crippen LogP contribution in [0, 0.1) is 11.3 Å². The molecule has 2 aromatic carbocycles. The van der Waals surface area contributed by atoms with Crippen LogP contribution in [0.15, 0.2) is 42.5 Å². The Morgan fingerprint density at radius 1 is 1.19 bits per heavy atom. The van der Waals surface area contributed by atoms with Crippen molar-refractivity contribution in [3.63, 3.8) is 0 Å². The van der Waals surface area contributed by atoms with Crippen molar-refractivity contribution in [1.82, 2.24) is 0 Å². The Bertz CT molecular complexity index is 931. The normalized spacial score (nSPS) is 12.2. The van der Waals surface area contributed by atoms with E-state index in [9.17, 15) is 14.4 Å². The highest BCUT2D eigenvalue weighted by atomic mass is 16.5. The number of nitrogens with one attached hydrogen (secondary N) is 2. The van der Waals surface area contributed by atoms with Gasteiger partial charge in [-0.1, -0.05) is 6.07 Å². The van der Waals surface area contributed by atoms with Crippen LogP contribution in [0.5, 0.6) is 5.75 Å². The molecule has 0 aliphatic carbocycles. The SMILES string of the molecule is N#Cc1cccc(NC(=O)CCC(=O)c2ccc3c(c2)NC(=O)CO3)c1. The molecular formula is C19H15N3O4. The van der Waals surface area contributed by atoms with Crippen molar-refractivity contribution < 1.29 is 19.1 Å². The van der Waals surface area contributed by atoms with Gasteiger partial charge >= 0.3 is 0 Å². The minimum absolute atomic E-state index is 0.00948. The summed E-state index contributed by atoms with van der Waals surface area (Å²) in [6.07, 6.45) is 0.0346. The van der Waals surface area contributed by atoms with E-state index >= 15 is 0 Å². The quantitative estimate of drug-likeness (QED) is 0.806. The van der Waals surface area contributed by atoms with Gasteiger partial charge in [-0.2, -0.15) is 5.26 Å². The average Bonchev–Trinajstić information content (AvgIpc) is 2.65. The number of ether oxygens (including phenoxy) is 1. The van der Waals surface area contributed by atoms with Crippen molar-refractivity contribution in [3.8, 4) is 11.8 Å². The molecule has 0 spiro atoms. The first-order valence-corrected chi connectivity index (χ1v) is 7.95. The van der Waals surface area contributed by atoms with E-state index in [4.69, 9.17) is 10.00 Å². The molecule has 1 aliphatic heterocycles. The molecule has 1 heterocycles. The summed E-state index contributed by atoms with van der Waals surface area (Å²) < 4.78 is 5.24. The predicted molar refractivity (Wildman–Crippen MR) is 93.9 cm³/mol. The van der Waals surface area contributed by atoms with E-state index in [1.807, 2.05) is 6.07 Å². The summed E-state index contributed by atoms with van der Waals surface area (Å²) in [5, 5.41) is 14.2. The van der Waals surface area contributed by atoms with E-state index in [0.29, 0.717) is 28.3 Å². The number of fused-ring (bicyclic) bond motifs is 1. The number of carbonyl (C=O) groups is 3. The molecule has 2 N–H and O–H groups in total. The molecule has 2 amide bonds. The van der Waals surface area contributed by atoms with Crippen LogP contribution in [0.25, 0.3) is 0 Å². The van der Waals surface area contributed by atoms with Crippen LogP contribution in [-0.4, -0.2) is 24.2 Å². The molecule has 7 heteroatoms. The number of anilines is 2. The van der Waals surface area contributed by atoms with Gasteiger partial charge in [0.1, 0.15) is 5.75 Å². The molecule has 0 bridgehead atoms. The van der Waals surface area contributed by atoms with Crippen LogP contribution < -0.4 is 15.4 Å². The molecule has 0 saturated carbocycles. The molecule has 3 rings (SSSR count). The van der Waals surface area contributed by atoms with Gasteiger partial charge in [0.15, 0.2) is 12.4 Å². The zero-order valence-corrected chi connectivity index (χ0v) is 13.7. The van der Waals surface area contributed by atoms with Crippen molar-refractivity contribution >= 4 is 29.0 Å². The number of amides is 2. The van der Waals surface area contributed by atoms with E-state index in [1.165, 1.54) is 0 Å². The predicted octanol–water partition coefficient (Wildman–Crippen LogP) is 2.49. The molecule has 2 aromatic rings. The molecule has 0 aromatic heterocycles. The first-order valence-electron chi connectivity index (χ1n) is 7.95. The lowest BCUT2D eigenvalue weighted by Crippen LogP contribution is -2.25. The van der Waals surface area contributed by atoms with Gasteiger partial charge in [-0.25, -0.2) is 0 Å². The number of hydrogen-bond acceptors (Lipinski definition) is 5. The maximum atomic E-state index is 12.3. The summed E-state index contributed by atoms with van der Waals surface area (Å²) in [5.41, 5.74) is 1.80. The maximum absolute atomic E-state index is 12.3. The Morgan fingerprint density at radius 2 is 2.04 bits per heavy atom. The van der Waals surface area contributed by atoms with Gasteiger partial charge in [0.25, 0.3) is 5.91 Å². The number of nitrogens with zero attached hydrogens (tertiary/aromatic N) is 1. The highest BCUT2D eigenvalue weighted by molar-refractivity contribution is 6.02. The van der Waals surface area contributed by atoms with Gasteiger partial charge in [-0.05, 0) is 36.4 Å². The van der Waals surface area contributed by atoms with Gasteiger partial charge in [0.2, 0.25) is 5.91 Å². The van der Waals surface area contributed by atoms with E-state index in [0.717, 1.165) is 0 Å². The molecule has 130 valence electrons. The van der Waals surface area contributed by atoms with E-state index in [-0.39, 0.29) is 37.0 Å². The molecule has 0 saturated heterocycles. The minimum atomic E-state index is -0.317. The van der Waals surface area contributed by atoms with E-state index < -0.39 is 0 Å². The van der Waals surface area contributed by atoms with Gasteiger partial charge in [0, 0.05) is 24.1 Å². The van der Waals surface area contributed by atoms with Crippen molar-refractivity contribution in [2.45, 2.75) is 12.8 Å². The number of Topliss-reactive ketones (excluding diaryl/α,β-unsaturated/α-hetero) is 1. The number of ketones is 1. The number of carbonyl (C=O) groups excluding carboxylic acids is 3. The standard InChI is InChI=1S/C19H15N3O4/c20-10-12-2-1-3-14(8-12)21-18(24)7-5-16(23)13-4-6-17-15(9-13)22-19(25)11-26-17/h1-4,6,8-9H,5,7,11H2,(H,21,24)(H,22,25). The van der Waals surface area contributed by atoms with Crippen LogP contribution in [0.2, 0.25) is 0 Å². The van der Waals surface area contributed by atoms with Crippen LogP contribution in [0.3, 0.4) is 0 Å². The van der Waals surface area contributed by atoms with Crippen molar-refractivity contribution in [1.29, 1.82) is 5.26 Å². The van der Waals surface area contributed by atoms with Crippen LogP contribution in [-0.2, 0) is 9.59 Å². The summed E-state index contributed by atoms with van der Waals surface area (Å²) >= 11 is 0. The van der Waals surface area contributed by atoms with Crippen molar-refractivity contribution in [2.24, 2.45) is 0 Å². The Kier molecular flexibility index (Phi) is 4.94. The lowest BCUT2D eigenvalue weighted by molar-refractivity contribution is -0.118. The summed E-state index contributed by atoms with van der Waals surface area (Å²) in [6.45, 7) is -0.0481. The lowest BCUT2D eigenvalue weighted by Gasteiger charge is -2.18. The van der Waals surface area contributed by atoms with Crippen LogP contribution in [0.4, 0.5) is 11.4 Å². The van der Waals surface area contributed by atoms with Gasteiger partial charge in [-0.15, -0.1) is 0 Å². The van der Waals surface area contributed by atoms with Crippen molar-refractivity contribution in [3.05, 3.63) is 53.6 Å². The van der Waals surface area contributed by atoms with E-state index in [1.54, 1.807) is 42.5 Å². The highest BCUT2D eigenvalue weighted by Gasteiger charge is 2.18. The second-order valence-corrected chi connectivity index (χ2v) is 5.71. The molecule has 0 atom stereocenters. The highest BCUT2D eigenvalue weighted by Crippen LogP contribution is 2.29. The fourth-order valence-electron chi connectivity index (χ4n) is 2.52. The van der Waals surface area contributed by atoms with Crippen LogP contribution >= 0.6 is 0 Å². The third-order valence-corrected chi connectivity index (χ3v) is 3.79. The lowest BCUT2D eigenvalue weighted by atomic mass is 10.0. The Hall–Kier alpha value is -3.66. The zero-order chi connectivity index (χ0) is 18.5. The largest absolute Gasteiger partial charge is 0.482 e. The van der Waals surface area contributed by atoms with Gasteiger partial charge in [-0.3, -0.25) is 14.4 Å². The smallest absolute Gasteiger partial charge is 0.262 e. The third kappa shape index (κ3) is 4.05. The number of nitriles is 1. The number of benzene rings is 2. The van der Waals surface area contributed by atoms with Gasteiger partial charge in [0.05, 0.1) is 17.3 Å². The molecule has 0 fully saturated rings. The number of rotatable bonds is 5. The maximum Gasteiger partial charge on any atom is 0.262 e. The first kappa shape index (κ1) is 17.2. The molecule has 1 aliphatic rings. The topological polar surface area (TPSA) is 108 Å². The zero-order valence-electron chi connectivity index (χ0n) is 13.7. The summed E-state index contributed by atoms with van der Waals surface area (Å²) in [6, 6.07) is 13.3. The van der Waals surface area contributed by atoms with E-state index in [2.05, 4.69) is 10.6 Å². The Labute approximate surface area is 149 Å². The van der Waals surface area contributed by atoms with Gasteiger partial charge < -0.3 is 15.4 Å². The average molecular weight is 349 g/mol. The Morgan fingerprint density at radius 3 is 2.85 bits per heavy atom. The fourth-order valence-corrected chi connectivity index (χ4v) is 2.52. The summed E-state index contributed by atoms with van der Waals surface area (Å²) in [4.78, 5) is 35.6. The first-order chi connectivity index (χ1) is 12.5. The second-order valence-electron chi connectivity index (χ2n) is 5.71. The third-order valence-electron chi connectivity index (χ3n) is 3.79. The molecule has 0 unspecified atom stereocenters. The molecular weight excluding hydrogens is 334 g/mol. The Balaban J connectivity index is 1.58. The fraction of sp³-hybridized carbons (Fsp3) is 0.158. The number of hydrogen-bond donors (Lipinski definition) is 2. The monoisotopic (exact) mass is 349 g/mol. The minimum Gasteiger partial charge on any atom is -0.482 e. The molecule has 0 radical (unpaired) electrons. The summed E-state index contributed by atoms with van der Waals surface area (Å²) in [5.74, 6) is -0.297. The molecule has 26 heavy (non-hydrogen) atoms. The second kappa shape index (κ2) is 7.49.